The summed E-state index contributed by atoms with van der Waals surface area (Å²) in [6, 6.07) is 7.32. The lowest BCUT2D eigenvalue weighted by atomic mass is 10.1. The van der Waals surface area contributed by atoms with Crippen LogP contribution in [-0.4, -0.2) is 40.6 Å². The van der Waals surface area contributed by atoms with Crippen molar-refractivity contribution in [3.05, 3.63) is 77.9 Å². The molecule has 1 amide bonds. The largest absolute Gasteiger partial charge is 0.433 e. The van der Waals surface area contributed by atoms with E-state index in [2.05, 4.69) is 40.8 Å². The number of halogens is 3. The van der Waals surface area contributed by atoms with Gasteiger partial charge in [-0.05, 0) is 24.3 Å². The third kappa shape index (κ3) is 5.14. The fraction of sp³-hybridized carbons (Fsp3) is 0.190. The maximum Gasteiger partial charge on any atom is 0.433 e. The zero-order chi connectivity index (χ0) is 24.1. The molecular weight excluding hydrogens is 451 g/mol. The summed E-state index contributed by atoms with van der Waals surface area (Å²) in [7, 11) is 1.79. The van der Waals surface area contributed by atoms with Gasteiger partial charge in [0.1, 0.15) is 23.5 Å². The number of alkyl halides is 3. The minimum absolute atomic E-state index is 0.127. The molecule has 0 unspecified atom stereocenters. The number of carbonyl (C=O) groups excluding carboxylic acids is 1. The van der Waals surface area contributed by atoms with Gasteiger partial charge in [0, 0.05) is 43.3 Å². The van der Waals surface area contributed by atoms with E-state index in [-0.39, 0.29) is 24.2 Å². The summed E-state index contributed by atoms with van der Waals surface area (Å²) in [5.41, 5.74) is -0.306. The Kier molecular flexibility index (Phi) is 6.43. The molecule has 0 aliphatic carbocycles. The quantitative estimate of drug-likeness (QED) is 0.424. The number of nitrogens with one attached hydrogen (secondary N) is 2. The maximum atomic E-state index is 13.1. The van der Waals surface area contributed by atoms with Crippen molar-refractivity contribution < 1.29 is 18.0 Å². The van der Waals surface area contributed by atoms with Crippen molar-refractivity contribution in [1.82, 2.24) is 40.0 Å². The maximum absolute atomic E-state index is 13.1. The van der Waals surface area contributed by atoms with Gasteiger partial charge in [-0.2, -0.15) is 13.2 Å². The number of amides is 1. The Morgan fingerprint density at radius 1 is 1.03 bits per heavy atom. The van der Waals surface area contributed by atoms with Crippen molar-refractivity contribution in [2.75, 3.05) is 5.32 Å². The van der Waals surface area contributed by atoms with E-state index in [4.69, 9.17) is 0 Å². The number of aromatic nitrogens is 7. The van der Waals surface area contributed by atoms with Gasteiger partial charge in [0.2, 0.25) is 0 Å². The van der Waals surface area contributed by atoms with Gasteiger partial charge in [-0.25, -0.2) is 15.0 Å². The summed E-state index contributed by atoms with van der Waals surface area (Å²) in [5, 5.41) is 13.8. The van der Waals surface area contributed by atoms with E-state index in [1.807, 2.05) is 0 Å². The molecule has 0 aromatic carbocycles. The normalized spacial score (nSPS) is 11.3. The third-order valence-electron chi connectivity index (χ3n) is 4.83. The molecule has 0 bridgehead atoms. The van der Waals surface area contributed by atoms with Gasteiger partial charge < -0.3 is 15.2 Å². The number of hydrogen-bond acceptors (Lipinski definition) is 8. The molecule has 4 aromatic heterocycles. The van der Waals surface area contributed by atoms with Crippen LogP contribution < -0.4 is 10.6 Å². The third-order valence-corrected chi connectivity index (χ3v) is 4.83. The molecular formula is C21H18F3N9O. The molecule has 0 saturated heterocycles. The van der Waals surface area contributed by atoms with Crippen LogP contribution in [-0.2, 0) is 26.3 Å². The van der Waals surface area contributed by atoms with Crippen molar-refractivity contribution in [1.29, 1.82) is 0 Å². The molecule has 4 rings (SSSR count). The van der Waals surface area contributed by atoms with Gasteiger partial charge in [0.15, 0.2) is 11.6 Å². The molecule has 13 heteroatoms. The highest BCUT2D eigenvalue weighted by Crippen LogP contribution is 2.30. The second-order valence-corrected chi connectivity index (χ2v) is 7.07. The summed E-state index contributed by atoms with van der Waals surface area (Å²) in [6.07, 6.45) is 0.893. The van der Waals surface area contributed by atoms with E-state index in [0.29, 0.717) is 23.2 Å². The van der Waals surface area contributed by atoms with E-state index in [1.165, 1.54) is 36.8 Å². The molecule has 4 aromatic rings. The van der Waals surface area contributed by atoms with Crippen LogP contribution in [0.1, 0.15) is 27.4 Å². The molecule has 0 fully saturated rings. The standard InChI is InChI=1S/C21H18F3N9O/c1-33-17(31-32-19(33)15-5-7-25-12-30-15)11-28-16-9-13(4-8-26-16)20(34)29-10-14-3-2-6-27-18(14)21(22,23)24/h2-9,12H,10-11H2,1H3,(H,26,28)(H,29,34). The van der Waals surface area contributed by atoms with Crippen LogP contribution in [0, 0.1) is 0 Å². The fourth-order valence-corrected chi connectivity index (χ4v) is 3.11. The minimum atomic E-state index is -4.61. The van der Waals surface area contributed by atoms with Crippen molar-refractivity contribution >= 4 is 11.7 Å². The van der Waals surface area contributed by atoms with Crippen LogP contribution in [0.15, 0.2) is 55.2 Å². The molecule has 0 saturated carbocycles. The molecule has 0 aliphatic rings. The van der Waals surface area contributed by atoms with Crippen molar-refractivity contribution in [2.45, 2.75) is 19.3 Å². The van der Waals surface area contributed by atoms with E-state index >= 15 is 0 Å². The van der Waals surface area contributed by atoms with E-state index in [9.17, 15) is 18.0 Å². The van der Waals surface area contributed by atoms with E-state index < -0.39 is 17.8 Å². The number of rotatable bonds is 7. The van der Waals surface area contributed by atoms with E-state index in [0.717, 1.165) is 6.20 Å². The van der Waals surface area contributed by atoms with Crippen LogP contribution >= 0.6 is 0 Å². The monoisotopic (exact) mass is 469 g/mol. The average molecular weight is 469 g/mol. The van der Waals surface area contributed by atoms with Gasteiger partial charge in [-0.1, -0.05) is 6.07 Å². The number of hydrogen-bond donors (Lipinski definition) is 2. The Morgan fingerprint density at radius 3 is 2.65 bits per heavy atom. The summed E-state index contributed by atoms with van der Waals surface area (Å²) in [6.45, 7) is -0.0609. The lowest BCUT2D eigenvalue weighted by Gasteiger charge is -2.12. The molecule has 2 N–H and O–H groups in total. The topological polar surface area (TPSA) is 123 Å². The lowest BCUT2D eigenvalue weighted by Crippen LogP contribution is -2.25. The van der Waals surface area contributed by atoms with Crippen molar-refractivity contribution in [2.24, 2.45) is 7.05 Å². The molecule has 0 spiro atoms. The predicted molar refractivity (Wildman–Crippen MR) is 114 cm³/mol. The molecule has 10 nitrogen and oxygen atoms in total. The fourth-order valence-electron chi connectivity index (χ4n) is 3.11. The average Bonchev–Trinajstić information content (AvgIpc) is 3.21. The molecule has 174 valence electrons. The summed E-state index contributed by atoms with van der Waals surface area (Å²) >= 11 is 0. The molecule has 34 heavy (non-hydrogen) atoms. The van der Waals surface area contributed by atoms with Gasteiger partial charge in [-0.3, -0.25) is 9.78 Å². The summed E-state index contributed by atoms with van der Waals surface area (Å²) in [4.78, 5) is 28.1. The van der Waals surface area contributed by atoms with Crippen molar-refractivity contribution in [3.8, 4) is 11.5 Å². The highest BCUT2D eigenvalue weighted by molar-refractivity contribution is 5.94. The Morgan fingerprint density at radius 2 is 1.88 bits per heavy atom. The Bertz CT molecular complexity index is 1290. The van der Waals surface area contributed by atoms with Crippen LogP contribution in [0.25, 0.3) is 11.5 Å². The first-order valence-electron chi connectivity index (χ1n) is 9.97. The Balaban J connectivity index is 1.40. The highest BCUT2D eigenvalue weighted by atomic mass is 19.4. The highest BCUT2D eigenvalue weighted by Gasteiger charge is 2.35. The van der Waals surface area contributed by atoms with Crippen LogP contribution in [0.3, 0.4) is 0 Å². The van der Waals surface area contributed by atoms with Crippen LogP contribution in [0.5, 0.6) is 0 Å². The van der Waals surface area contributed by atoms with Gasteiger partial charge >= 0.3 is 6.18 Å². The van der Waals surface area contributed by atoms with Crippen LogP contribution in [0.4, 0.5) is 19.0 Å². The first-order valence-corrected chi connectivity index (χ1v) is 9.97. The van der Waals surface area contributed by atoms with Crippen molar-refractivity contribution in [3.63, 3.8) is 0 Å². The lowest BCUT2D eigenvalue weighted by molar-refractivity contribution is -0.141. The smallest absolute Gasteiger partial charge is 0.363 e. The number of carbonyl (C=O) groups is 1. The SMILES string of the molecule is Cn1c(CNc2cc(C(=O)NCc3cccnc3C(F)(F)F)ccn2)nnc1-c1ccncn1. The van der Waals surface area contributed by atoms with Gasteiger partial charge in [0.25, 0.3) is 5.91 Å². The minimum Gasteiger partial charge on any atom is -0.363 e. The van der Waals surface area contributed by atoms with Crippen LogP contribution in [0.2, 0.25) is 0 Å². The van der Waals surface area contributed by atoms with E-state index in [1.54, 1.807) is 23.9 Å². The Hall–Kier alpha value is -4.42. The summed E-state index contributed by atoms with van der Waals surface area (Å²) in [5.74, 6) is 0.999. The molecule has 0 radical (unpaired) electrons. The van der Waals surface area contributed by atoms with Gasteiger partial charge in [0.05, 0.1) is 6.54 Å². The Labute approximate surface area is 191 Å². The second-order valence-electron chi connectivity index (χ2n) is 7.07. The predicted octanol–water partition coefficient (Wildman–Crippen LogP) is 2.62. The number of anilines is 1. The summed E-state index contributed by atoms with van der Waals surface area (Å²) < 4.78 is 41.0. The molecule has 0 atom stereocenters. The zero-order valence-electron chi connectivity index (χ0n) is 17.8. The number of nitrogens with zero attached hydrogens (tertiary/aromatic N) is 7. The second kappa shape index (κ2) is 9.60. The zero-order valence-corrected chi connectivity index (χ0v) is 17.8. The first kappa shape index (κ1) is 22.8. The van der Waals surface area contributed by atoms with Gasteiger partial charge in [-0.15, -0.1) is 10.2 Å². The number of pyridine rings is 2. The molecule has 4 heterocycles. The molecule has 0 aliphatic heterocycles. The first-order chi connectivity index (χ1) is 16.3.